The highest BCUT2D eigenvalue weighted by Crippen LogP contribution is 2.16. The van der Waals surface area contributed by atoms with Gasteiger partial charge in [-0.1, -0.05) is 12.1 Å². The van der Waals surface area contributed by atoms with Crippen LogP contribution in [0.15, 0.2) is 45.8 Å². The first-order valence-corrected chi connectivity index (χ1v) is 10.6. The number of nitrogens with zero attached hydrogens (tertiary/aromatic N) is 3. The van der Waals surface area contributed by atoms with Crippen molar-refractivity contribution in [3.05, 3.63) is 41.4 Å². The minimum atomic E-state index is -3.29. The molecule has 0 bridgehead atoms. The number of carbonyl (C=O) groups excluding carboxylic acids is 1. The molecular formula is C16H18N4O3S2. The van der Waals surface area contributed by atoms with Crippen LogP contribution in [-0.2, 0) is 14.6 Å². The molecule has 1 amide bonds. The SMILES string of the molecule is CS(=O)(=O)c1ccc(/C(=N\N2CCCC2)C(=O)Nc2nccs2)cc1. The number of hydrazone groups is 1. The number of aromatic nitrogens is 1. The molecule has 25 heavy (non-hydrogen) atoms. The van der Waals surface area contributed by atoms with Gasteiger partial charge in [-0.25, -0.2) is 13.4 Å². The fraction of sp³-hybridized carbons (Fsp3) is 0.312. The average molecular weight is 378 g/mol. The normalized spacial score (nSPS) is 15.4. The lowest BCUT2D eigenvalue weighted by Gasteiger charge is -2.14. The summed E-state index contributed by atoms with van der Waals surface area (Å²) < 4.78 is 23.2. The Labute approximate surface area is 150 Å². The molecule has 1 N–H and O–H groups in total. The topological polar surface area (TPSA) is 91.7 Å². The molecule has 132 valence electrons. The van der Waals surface area contributed by atoms with Crippen molar-refractivity contribution in [3.63, 3.8) is 0 Å². The van der Waals surface area contributed by atoms with Gasteiger partial charge in [0.25, 0.3) is 5.91 Å². The molecule has 1 aromatic carbocycles. The Morgan fingerprint density at radius 1 is 1.24 bits per heavy atom. The number of hydrogen-bond donors (Lipinski definition) is 1. The molecule has 0 aliphatic carbocycles. The summed E-state index contributed by atoms with van der Waals surface area (Å²) >= 11 is 1.32. The van der Waals surface area contributed by atoms with E-state index in [1.165, 1.54) is 23.5 Å². The molecule has 9 heteroatoms. The van der Waals surface area contributed by atoms with Crippen molar-refractivity contribution in [2.75, 3.05) is 24.7 Å². The van der Waals surface area contributed by atoms with Crippen LogP contribution in [0.4, 0.5) is 5.13 Å². The number of hydrogen-bond acceptors (Lipinski definition) is 7. The van der Waals surface area contributed by atoms with E-state index >= 15 is 0 Å². The molecule has 0 unspecified atom stereocenters. The van der Waals surface area contributed by atoms with Crippen molar-refractivity contribution in [1.82, 2.24) is 9.99 Å². The summed E-state index contributed by atoms with van der Waals surface area (Å²) in [5, 5.41) is 11.3. The summed E-state index contributed by atoms with van der Waals surface area (Å²) in [5.74, 6) is -0.367. The Kier molecular flexibility index (Phi) is 5.14. The van der Waals surface area contributed by atoms with Gasteiger partial charge in [0.2, 0.25) is 0 Å². The zero-order valence-electron chi connectivity index (χ0n) is 13.7. The van der Waals surface area contributed by atoms with Gasteiger partial charge in [0.15, 0.2) is 20.7 Å². The molecule has 0 spiro atoms. The molecule has 2 aromatic rings. The maximum atomic E-state index is 12.7. The molecule has 0 saturated carbocycles. The van der Waals surface area contributed by atoms with E-state index in [0.717, 1.165) is 32.2 Å². The second-order valence-corrected chi connectivity index (χ2v) is 8.61. The molecular weight excluding hydrogens is 360 g/mol. The molecule has 1 fully saturated rings. The predicted octanol–water partition coefficient (Wildman–Crippen LogP) is 1.99. The van der Waals surface area contributed by atoms with Gasteiger partial charge in [0.1, 0.15) is 0 Å². The summed E-state index contributed by atoms with van der Waals surface area (Å²) in [6, 6.07) is 6.18. The zero-order chi connectivity index (χ0) is 17.9. The van der Waals surface area contributed by atoms with Gasteiger partial charge in [-0.15, -0.1) is 11.3 Å². The highest BCUT2D eigenvalue weighted by molar-refractivity contribution is 7.90. The number of benzene rings is 1. The monoisotopic (exact) mass is 378 g/mol. The summed E-state index contributed by atoms with van der Waals surface area (Å²) in [4.78, 5) is 16.9. The molecule has 0 atom stereocenters. The molecule has 0 radical (unpaired) electrons. The smallest absolute Gasteiger partial charge is 0.278 e. The first-order valence-electron chi connectivity index (χ1n) is 7.78. The third-order valence-electron chi connectivity index (χ3n) is 3.75. The Balaban J connectivity index is 1.91. The molecule has 3 rings (SSSR count). The summed E-state index contributed by atoms with van der Waals surface area (Å²) in [6.45, 7) is 1.60. The van der Waals surface area contributed by atoms with Crippen LogP contribution in [0.2, 0.25) is 0 Å². The number of thiazole rings is 1. The highest BCUT2D eigenvalue weighted by atomic mass is 32.2. The number of amides is 1. The molecule has 2 heterocycles. The third-order valence-corrected chi connectivity index (χ3v) is 5.56. The van der Waals surface area contributed by atoms with Crippen molar-refractivity contribution in [1.29, 1.82) is 0 Å². The molecule has 1 saturated heterocycles. The predicted molar refractivity (Wildman–Crippen MR) is 97.6 cm³/mol. The van der Waals surface area contributed by atoms with E-state index in [1.807, 2.05) is 5.01 Å². The number of sulfone groups is 1. The fourth-order valence-corrected chi connectivity index (χ4v) is 3.63. The van der Waals surface area contributed by atoms with Gasteiger partial charge < -0.3 is 0 Å². The number of anilines is 1. The van der Waals surface area contributed by atoms with Gasteiger partial charge in [-0.3, -0.25) is 15.1 Å². The first-order chi connectivity index (χ1) is 11.9. The van der Waals surface area contributed by atoms with Crippen molar-refractivity contribution in [3.8, 4) is 0 Å². The van der Waals surface area contributed by atoms with Crippen LogP contribution in [0.3, 0.4) is 0 Å². The van der Waals surface area contributed by atoms with Crippen LogP contribution in [0, 0.1) is 0 Å². The minimum Gasteiger partial charge on any atom is -0.296 e. The molecule has 1 aliphatic rings. The largest absolute Gasteiger partial charge is 0.296 e. The highest BCUT2D eigenvalue weighted by Gasteiger charge is 2.19. The van der Waals surface area contributed by atoms with Crippen molar-refractivity contribution in [2.45, 2.75) is 17.7 Å². The number of carbonyl (C=O) groups is 1. The average Bonchev–Trinajstić information content (AvgIpc) is 3.25. The lowest BCUT2D eigenvalue weighted by Crippen LogP contribution is -2.27. The Bertz CT molecular complexity index is 869. The van der Waals surface area contributed by atoms with Gasteiger partial charge in [-0.2, -0.15) is 5.10 Å². The lowest BCUT2D eigenvalue weighted by molar-refractivity contribution is -0.110. The molecule has 1 aliphatic heterocycles. The lowest BCUT2D eigenvalue weighted by atomic mass is 10.1. The Morgan fingerprint density at radius 3 is 2.48 bits per heavy atom. The fourth-order valence-electron chi connectivity index (χ4n) is 2.48. The van der Waals surface area contributed by atoms with Crippen LogP contribution in [0.25, 0.3) is 0 Å². The van der Waals surface area contributed by atoms with Gasteiger partial charge in [-0.05, 0) is 25.0 Å². The second-order valence-electron chi connectivity index (χ2n) is 5.70. The summed E-state index contributed by atoms with van der Waals surface area (Å²) in [6.07, 6.45) is 4.84. The quantitative estimate of drug-likeness (QED) is 0.804. The van der Waals surface area contributed by atoms with Crippen LogP contribution in [-0.4, -0.2) is 49.4 Å². The van der Waals surface area contributed by atoms with Gasteiger partial charge >= 0.3 is 0 Å². The second kappa shape index (κ2) is 7.32. The van der Waals surface area contributed by atoms with E-state index in [2.05, 4.69) is 15.4 Å². The van der Waals surface area contributed by atoms with Gasteiger partial charge in [0, 0.05) is 36.5 Å². The maximum Gasteiger partial charge on any atom is 0.278 e. The first kappa shape index (κ1) is 17.6. The molecule has 1 aromatic heterocycles. The van der Waals surface area contributed by atoms with Crippen molar-refractivity contribution < 1.29 is 13.2 Å². The van der Waals surface area contributed by atoms with Crippen molar-refractivity contribution >= 4 is 37.9 Å². The number of rotatable bonds is 5. The van der Waals surface area contributed by atoms with Crippen LogP contribution < -0.4 is 5.32 Å². The van der Waals surface area contributed by atoms with E-state index in [1.54, 1.807) is 23.7 Å². The van der Waals surface area contributed by atoms with E-state index < -0.39 is 9.84 Å². The van der Waals surface area contributed by atoms with Crippen LogP contribution in [0.1, 0.15) is 18.4 Å². The number of nitrogens with one attached hydrogen (secondary N) is 1. The zero-order valence-corrected chi connectivity index (χ0v) is 15.3. The Morgan fingerprint density at radius 2 is 1.92 bits per heavy atom. The van der Waals surface area contributed by atoms with Crippen LogP contribution in [0.5, 0.6) is 0 Å². The maximum absolute atomic E-state index is 12.7. The Hall–Kier alpha value is -2.26. The van der Waals surface area contributed by atoms with Gasteiger partial charge in [0.05, 0.1) is 4.90 Å². The summed E-state index contributed by atoms with van der Waals surface area (Å²) in [7, 11) is -3.29. The summed E-state index contributed by atoms with van der Waals surface area (Å²) in [5.41, 5.74) is 0.811. The molecule has 7 nitrogen and oxygen atoms in total. The third kappa shape index (κ3) is 4.43. The van der Waals surface area contributed by atoms with E-state index in [0.29, 0.717) is 10.7 Å². The standard InChI is InChI=1S/C16H18N4O3S2/c1-25(22,23)13-6-4-12(5-7-13)14(19-20-9-2-3-10-20)15(21)18-16-17-8-11-24-16/h4-8,11H,2-3,9-10H2,1H3,(H,17,18,21)/b19-14+. The van der Waals surface area contributed by atoms with Crippen molar-refractivity contribution in [2.24, 2.45) is 5.10 Å². The van der Waals surface area contributed by atoms with Crippen LogP contribution >= 0.6 is 11.3 Å². The van der Waals surface area contributed by atoms with E-state index in [4.69, 9.17) is 0 Å². The van der Waals surface area contributed by atoms with E-state index in [-0.39, 0.29) is 16.5 Å². The van der Waals surface area contributed by atoms with E-state index in [9.17, 15) is 13.2 Å². The minimum absolute atomic E-state index is 0.206.